The fourth-order valence-corrected chi connectivity index (χ4v) is 3.99. The van der Waals surface area contributed by atoms with Gasteiger partial charge >= 0.3 is 12.1 Å². The van der Waals surface area contributed by atoms with E-state index in [9.17, 15) is 18.0 Å². The maximum Gasteiger partial charge on any atom is 0.433 e. The van der Waals surface area contributed by atoms with Crippen LogP contribution in [0.15, 0.2) is 29.4 Å². The molecule has 0 aliphatic carbocycles. The Hall–Kier alpha value is -3.37. The van der Waals surface area contributed by atoms with Crippen LogP contribution in [0.3, 0.4) is 0 Å². The average molecular weight is 451 g/mol. The highest BCUT2D eigenvalue weighted by atomic mass is 32.1. The summed E-state index contributed by atoms with van der Waals surface area (Å²) in [5.74, 6) is -0.466. The van der Waals surface area contributed by atoms with E-state index in [4.69, 9.17) is 15.0 Å². The number of benzene rings is 1. The van der Waals surface area contributed by atoms with E-state index in [1.54, 1.807) is 19.9 Å². The van der Waals surface area contributed by atoms with Crippen LogP contribution in [-0.4, -0.2) is 29.7 Å². The number of hydrogen-bond acceptors (Lipinski definition) is 7. The highest BCUT2D eigenvalue weighted by Crippen LogP contribution is 2.40. The van der Waals surface area contributed by atoms with Crippen LogP contribution < -0.4 is 4.74 Å². The number of hydrogen-bond donors (Lipinski definition) is 0. The lowest BCUT2D eigenvalue weighted by Gasteiger charge is -2.11. The van der Waals surface area contributed by atoms with E-state index in [1.807, 2.05) is 0 Å². The molecule has 1 aromatic carbocycles. The molecule has 2 aromatic heterocycles. The Bertz CT molecular complexity index is 1190. The molecule has 0 saturated heterocycles. The van der Waals surface area contributed by atoms with Gasteiger partial charge in [0.25, 0.3) is 0 Å². The van der Waals surface area contributed by atoms with Gasteiger partial charge in [0.1, 0.15) is 26.8 Å². The fourth-order valence-electron chi connectivity index (χ4n) is 2.91. The van der Waals surface area contributed by atoms with Gasteiger partial charge in [0.15, 0.2) is 0 Å². The molecule has 31 heavy (non-hydrogen) atoms. The van der Waals surface area contributed by atoms with E-state index >= 15 is 0 Å². The molecular weight excluding hydrogens is 435 g/mol. The maximum atomic E-state index is 13.1. The molecule has 0 spiro atoms. The minimum atomic E-state index is -4.62. The van der Waals surface area contributed by atoms with Gasteiger partial charge < -0.3 is 9.47 Å². The molecule has 0 fully saturated rings. The van der Waals surface area contributed by atoms with E-state index in [0.717, 1.165) is 17.4 Å². The van der Waals surface area contributed by atoms with Crippen molar-refractivity contribution in [3.8, 4) is 16.3 Å². The van der Waals surface area contributed by atoms with Crippen LogP contribution in [0.25, 0.3) is 31.9 Å². The van der Waals surface area contributed by atoms with E-state index in [0.29, 0.717) is 16.0 Å². The summed E-state index contributed by atoms with van der Waals surface area (Å²) in [5, 5.41) is 4.29. The Labute approximate surface area is 178 Å². The summed E-state index contributed by atoms with van der Waals surface area (Å²) < 4.78 is 49.7. The first-order chi connectivity index (χ1) is 14.7. The monoisotopic (exact) mass is 451 g/mol. The number of fused-ring (bicyclic) bond motifs is 1. The highest BCUT2D eigenvalue weighted by molar-refractivity contribution is 7.17. The van der Waals surface area contributed by atoms with Crippen LogP contribution >= 0.6 is 11.3 Å². The van der Waals surface area contributed by atoms with E-state index in [1.165, 1.54) is 19.2 Å². The molecule has 12 heteroatoms. The minimum Gasteiger partial charge on any atom is -0.494 e. The number of alkyl halides is 3. The van der Waals surface area contributed by atoms with Gasteiger partial charge in [-0.05, 0) is 36.7 Å². The summed E-state index contributed by atoms with van der Waals surface area (Å²) in [4.78, 5) is 23.5. The molecule has 0 aliphatic heterocycles. The Morgan fingerprint density at radius 3 is 2.65 bits per heavy atom. The van der Waals surface area contributed by atoms with Crippen molar-refractivity contribution in [1.29, 1.82) is 0 Å². The van der Waals surface area contributed by atoms with Gasteiger partial charge in [-0.15, -0.1) is 11.3 Å². The number of carbonyl (C=O) groups excluding carboxylic acids is 1. The van der Waals surface area contributed by atoms with E-state index < -0.39 is 23.9 Å². The van der Waals surface area contributed by atoms with Crippen molar-refractivity contribution in [3.63, 3.8) is 0 Å². The standard InChI is InChI=1S/C19H16F3N5O3S/c1-4-30-18(28)16-14(9(2)26-27-23)25-17(31-16)11-5-7-12(29-3)15-10(11)6-8-13(24-15)19(20,21)22/h5-9H,4H2,1-3H3. The first kappa shape index (κ1) is 22.3. The molecule has 0 amide bonds. The molecule has 3 rings (SSSR count). The van der Waals surface area contributed by atoms with Crippen molar-refractivity contribution < 1.29 is 27.4 Å². The molecule has 0 aliphatic rings. The largest absolute Gasteiger partial charge is 0.494 e. The summed E-state index contributed by atoms with van der Waals surface area (Å²) >= 11 is 0.993. The van der Waals surface area contributed by atoms with Crippen LogP contribution in [0.4, 0.5) is 13.2 Å². The smallest absolute Gasteiger partial charge is 0.433 e. The number of azide groups is 1. The number of aromatic nitrogens is 2. The van der Waals surface area contributed by atoms with Crippen molar-refractivity contribution in [1.82, 2.24) is 9.97 Å². The third-order valence-corrected chi connectivity index (χ3v) is 5.38. The number of nitrogens with zero attached hydrogens (tertiary/aromatic N) is 5. The summed E-state index contributed by atoms with van der Waals surface area (Å²) in [6, 6.07) is 4.49. The Kier molecular flexibility index (Phi) is 6.32. The lowest BCUT2D eigenvalue weighted by molar-refractivity contribution is -0.140. The molecule has 3 aromatic rings. The number of carbonyl (C=O) groups is 1. The zero-order valence-electron chi connectivity index (χ0n) is 16.6. The van der Waals surface area contributed by atoms with Crippen LogP contribution in [0.5, 0.6) is 5.75 Å². The third-order valence-electron chi connectivity index (χ3n) is 4.30. The first-order valence-electron chi connectivity index (χ1n) is 8.98. The molecule has 0 N–H and O–H groups in total. The lowest BCUT2D eigenvalue weighted by atomic mass is 10.1. The number of ether oxygens (including phenoxy) is 2. The van der Waals surface area contributed by atoms with Gasteiger partial charge in [-0.3, -0.25) is 0 Å². The summed E-state index contributed by atoms with van der Waals surface area (Å²) in [6.45, 7) is 3.36. The second kappa shape index (κ2) is 8.78. The molecule has 0 saturated carbocycles. The number of rotatable bonds is 6. The van der Waals surface area contributed by atoms with E-state index in [2.05, 4.69) is 20.0 Å². The van der Waals surface area contributed by atoms with Gasteiger partial charge in [0.2, 0.25) is 0 Å². The Balaban J connectivity index is 2.24. The van der Waals surface area contributed by atoms with Crippen LogP contribution in [-0.2, 0) is 10.9 Å². The zero-order valence-corrected chi connectivity index (χ0v) is 17.4. The van der Waals surface area contributed by atoms with Crippen LogP contribution in [0.1, 0.15) is 40.9 Å². The number of methoxy groups -OCH3 is 1. The minimum absolute atomic E-state index is 0.00681. The molecule has 2 heterocycles. The van der Waals surface area contributed by atoms with Gasteiger partial charge in [0, 0.05) is 15.9 Å². The Morgan fingerprint density at radius 1 is 1.29 bits per heavy atom. The molecule has 8 nitrogen and oxygen atoms in total. The quantitative estimate of drug-likeness (QED) is 0.199. The lowest BCUT2D eigenvalue weighted by Crippen LogP contribution is -2.08. The third kappa shape index (κ3) is 4.39. The number of pyridine rings is 1. The van der Waals surface area contributed by atoms with Crippen molar-refractivity contribution in [2.75, 3.05) is 13.7 Å². The first-order valence-corrected chi connectivity index (χ1v) is 9.80. The van der Waals surface area contributed by atoms with Gasteiger partial charge in [-0.25, -0.2) is 14.8 Å². The van der Waals surface area contributed by atoms with Crippen molar-refractivity contribution in [2.45, 2.75) is 26.1 Å². The molecule has 162 valence electrons. The fraction of sp³-hybridized carbons (Fsp3) is 0.316. The molecular formula is C19H16F3N5O3S. The predicted octanol–water partition coefficient (Wildman–Crippen LogP) is 5.93. The number of esters is 1. The van der Waals surface area contributed by atoms with Crippen LogP contribution in [0, 0.1) is 0 Å². The molecule has 0 radical (unpaired) electrons. The van der Waals surface area contributed by atoms with Gasteiger partial charge in [-0.1, -0.05) is 12.0 Å². The van der Waals surface area contributed by atoms with E-state index in [-0.39, 0.29) is 28.4 Å². The zero-order chi connectivity index (χ0) is 22.8. The Morgan fingerprint density at radius 2 is 2.03 bits per heavy atom. The second-order valence-electron chi connectivity index (χ2n) is 6.24. The van der Waals surface area contributed by atoms with Crippen molar-refractivity contribution in [2.24, 2.45) is 5.11 Å². The second-order valence-corrected chi connectivity index (χ2v) is 7.24. The maximum absolute atomic E-state index is 13.1. The molecule has 1 unspecified atom stereocenters. The molecule has 0 bridgehead atoms. The SMILES string of the molecule is CCOC(=O)c1sc(-c2ccc(OC)c3nc(C(F)(F)F)ccc23)nc1C(C)N=[N+]=[N-]. The highest BCUT2D eigenvalue weighted by Gasteiger charge is 2.33. The summed E-state index contributed by atoms with van der Waals surface area (Å²) in [6.07, 6.45) is -4.62. The topological polar surface area (TPSA) is 110 Å². The number of halogens is 3. The molecule has 1 atom stereocenters. The van der Waals surface area contributed by atoms with Crippen LogP contribution in [0.2, 0.25) is 0 Å². The average Bonchev–Trinajstić information content (AvgIpc) is 3.17. The van der Waals surface area contributed by atoms with Gasteiger partial charge in [0.05, 0.1) is 25.5 Å². The predicted molar refractivity (Wildman–Crippen MR) is 108 cm³/mol. The van der Waals surface area contributed by atoms with Crippen molar-refractivity contribution in [3.05, 3.63) is 51.0 Å². The number of thiazole rings is 1. The normalized spacial score (nSPS) is 12.3. The summed E-state index contributed by atoms with van der Waals surface area (Å²) in [5.41, 5.74) is 8.37. The summed E-state index contributed by atoms with van der Waals surface area (Å²) in [7, 11) is 1.33. The van der Waals surface area contributed by atoms with Crippen molar-refractivity contribution >= 4 is 28.2 Å². The van der Waals surface area contributed by atoms with Gasteiger partial charge in [-0.2, -0.15) is 13.2 Å².